The Morgan fingerprint density at radius 2 is 1.22 bits per heavy atom. The third-order valence-electron chi connectivity index (χ3n) is 5.90. The minimum Gasteiger partial charge on any atom is -0.274 e. The monoisotopic (exact) mass is 357 g/mol. The summed E-state index contributed by atoms with van der Waals surface area (Å²) in [5.41, 5.74) is 2.08. The maximum atomic E-state index is 13.0. The Morgan fingerprint density at radius 1 is 0.704 bits per heavy atom. The number of rotatable bonds is 3. The van der Waals surface area contributed by atoms with Gasteiger partial charge < -0.3 is 0 Å². The van der Waals surface area contributed by atoms with Crippen molar-refractivity contribution in [2.45, 2.75) is 12.8 Å². The molecule has 1 aliphatic heterocycles. The van der Waals surface area contributed by atoms with Gasteiger partial charge in [-0.15, -0.1) is 0 Å². The second-order valence-corrected chi connectivity index (χ2v) is 7.41. The molecule has 2 fully saturated rings. The lowest BCUT2D eigenvalue weighted by atomic mass is 9.63. The lowest BCUT2D eigenvalue weighted by Gasteiger charge is -2.38. The van der Waals surface area contributed by atoms with Crippen LogP contribution < -0.4 is 4.90 Å². The van der Waals surface area contributed by atoms with Gasteiger partial charge in [-0.25, -0.2) is 0 Å². The molecule has 0 spiro atoms. The highest BCUT2D eigenvalue weighted by Gasteiger charge is 2.56. The van der Waals surface area contributed by atoms with Crippen molar-refractivity contribution in [3.63, 3.8) is 0 Å². The summed E-state index contributed by atoms with van der Waals surface area (Å²) in [6.07, 6.45) is 6.29. The quantitative estimate of drug-likeness (QED) is 0.450. The summed E-state index contributed by atoms with van der Waals surface area (Å²) in [6, 6.07) is 16.6. The second-order valence-electron chi connectivity index (χ2n) is 7.41. The number of azo groups is 1. The highest BCUT2D eigenvalue weighted by molar-refractivity contribution is 6.22. The van der Waals surface area contributed by atoms with E-state index in [-0.39, 0.29) is 35.5 Å². The zero-order valence-electron chi connectivity index (χ0n) is 14.7. The Kier molecular flexibility index (Phi) is 3.74. The van der Waals surface area contributed by atoms with Crippen LogP contribution >= 0.6 is 0 Å². The number of hydrogen-bond donors (Lipinski definition) is 0. The van der Waals surface area contributed by atoms with Crippen LogP contribution in [0.1, 0.15) is 12.8 Å². The smallest absolute Gasteiger partial charge is 0.238 e. The number of carbonyl (C=O) groups excluding carboxylic acids is 2. The van der Waals surface area contributed by atoms with Gasteiger partial charge in [0.1, 0.15) is 0 Å². The normalized spacial score (nSPS) is 29.0. The number of nitrogens with zero attached hydrogens (tertiary/aromatic N) is 3. The summed E-state index contributed by atoms with van der Waals surface area (Å²) in [4.78, 5) is 27.3. The molecular formula is C22H19N3O2. The fourth-order valence-corrected chi connectivity index (χ4v) is 4.61. The molecule has 5 heteroatoms. The molecule has 1 saturated heterocycles. The van der Waals surface area contributed by atoms with Crippen LogP contribution in [-0.4, -0.2) is 11.8 Å². The molecule has 2 bridgehead atoms. The lowest BCUT2D eigenvalue weighted by Crippen LogP contribution is -2.38. The summed E-state index contributed by atoms with van der Waals surface area (Å²) in [7, 11) is 0. The number of carbonyl (C=O) groups is 2. The third-order valence-corrected chi connectivity index (χ3v) is 5.90. The van der Waals surface area contributed by atoms with Crippen LogP contribution in [0.15, 0.2) is 77.0 Å². The van der Waals surface area contributed by atoms with Gasteiger partial charge in [-0.3, -0.25) is 14.5 Å². The van der Waals surface area contributed by atoms with Crippen molar-refractivity contribution in [3.8, 4) is 0 Å². The first-order valence-electron chi connectivity index (χ1n) is 9.35. The van der Waals surface area contributed by atoms with Crippen molar-refractivity contribution in [1.82, 2.24) is 0 Å². The summed E-state index contributed by atoms with van der Waals surface area (Å²) in [6.45, 7) is 0. The van der Waals surface area contributed by atoms with E-state index in [1.165, 1.54) is 4.90 Å². The van der Waals surface area contributed by atoms with Crippen molar-refractivity contribution in [1.29, 1.82) is 0 Å². The van der Waals surface area contributed by atoms with E-state index in [4.69, 9.17) is 0 Å². The van der Waals surface area contributed by atoms with Crippen LogP contribution in [0.3, 0.4) is 0 Å². The minimum atomic E-state index is -0.182. The summed E-state index contributed by atoms with van der Waals surface area (Å²) in [5, 5.41) is 8.41. The van der Waals surface area contributed by atoms with Gasteiger partial charge in [-0.1, -0.05) is 30.4 Å². The van der Waals surface area contributed by atoms with E-state index in [0.29, 0.717) is 11.4 Å². The number of amides is 2. The second kappa shape index (κ2) is 6.27. The van der Waals surface area contributed by atoms with E-state index in [1.54, 1.807) is 24.3 Å². The van der Waals surface area contributed by atoms with Crippen LogP contribution in [0.2, 0.25) is 0 Å². The van der Waals surface area contributed by atoms with Crippen molar-refractivity contribution in [2.75, 3.05) is 4.90 Å². The zero-order chi connectivity index (χ0) is 18.4. The molecule has 2 aromatic carbocycles. The molecule has 2 aromatic rings. The zero-order valence-corrected chi connectivity index (χ0v) is 14.7. The first-order chi connectivity index (χ1) is 13.2. The van der Waals surface area contributed by atoms with Gasteiger partial charge in [0.15, 0.2) is 0 Å². The van der Waals surface area contributed by atoms with Crippen molar-refractivity contribution >= 4 is 28.9 Å². The SMILES string of the molecule is O=C1C2C3C=CC(CC3)C2C(=O)N1c1ccc(N=Nc2ccccc2)cc1. The Balaban J connectivity index is 1.39. The topological polar surface area (TPSA) is 62.1 Å². The van der Waals surface area contributed by atoms with Gasteiger partial charge in [-0.2, -0.15) is 10.2 Å². The number of benzene rings is 2. The lowest BCUT2D eigenvalue weighted by molar-refractivity contribution is -0.124. The third kappa shape index (κ3) is 2.62. The minimum absolute atomic E-state index is 0.0530. The molecule has 0 N–H and O–H groups in total. The molecule has 27 heavy (non-hydrogen) atoms. The molecule has 5 nitrogen and oxygen atoms in total. The number of allylic oxidation sites excluding steroid dienone is 2. The summed E-state index contributed by atoms with van der Waals surface area (Å²) in [5.74, 6) is -0.0522. The number of imide groups is 1. The molecule has 0 aromatic heterocycles. The molecule has 4 aliphatic rings. The van der Waals surface area contributed by atoms with Crippen LogP contribution in [0.25, 0.3) is 0 Å². The van der Waals surface area contributed by atoms with Crippen molar-refractivity contribution < 1.29 is 9.59 Å². The van der Waals surface area contributed by atoms with Crippen LogP contribution in [0, 0.1) is 23.7 Å². The fourth-order valence-electron chi connectivity index (χ4n) is 4.61. The maximum Gasteiger partial charge on any atom is 0.238 e. The first-order valence-corrected chi connectivity index (χ1v) is 9.35. The molecule has 4 atom stereocenters. The Labute approximate surface area is 157 Å². The highest BCUT2D eigenvalue weighted by atomic mass is 16.2. The van der Waals surface area contributed by atoms with Gasteiger partial charge >= 0.3 is 0 Å². The summed E-state index contributed by atoms with van der Waals surface area (Å²) >= 11 is 0. The molecule has 2 amide bonds. The van der Waals surface area contributed by atoms with Gasteiger partial charge in [-0.05, 0) is 61.1 Å². The molecule has 3 aliphatic carbocycles. The molecule has 4 unspecified atom stereocenters. The largest absolute Gasteiger partial charge is 0.274 e. The maximum absolute atomic E-state index is 13.0. The van der Waals surface area contributed by atoms with Gasteiger partial charge in [0, 0.05) is 0 Å². The molecule has 0 radical (unpaired) electrons. The highest BCUT2D eigenvalue weighted by Crippen LogP contribution is 2.50. The van der Waals surface area contributed by atoms with Crippen molar-refractivity contribution in [2.24, 2.45) is 33.9 Å². The number of anilines is 1. The first kappa shape index (κ1) is 16.1. The molecular weight excluding hydrogens is 338 g/mol. The Bertz CT molecular complexity index is 917. The van der Waals surface area contributed by atoms with Crippen molar-refractivity contribution in [3.05, 3.63) is 66.7 Å². The predicted molar refractivity (Wildman–Crippen MR) is 102 cm³/mol. The van der Waals surface area contributed by atoms with E-state index in [1.807, 2.05) is 30.3 Å². The summed E-state index contributed by atoms with van der Waals surface area (Å²) < 4.78 is 0. The Hall–Kier alpha value is -3.08. The number of hydrogen-bond acceptors (Lipinski definition) is 4. The fraction of sp³-hybridized carbons (Fsp3) is 0.273. The van der Waals surface area contributed by atoms with Gasteiger partial charge in [0.2, 0.25) is 11.8 Å². The van der Waals surface area contributed by atoms with Gasteiger partial charge in [0.05, 0.1) is 28.9 Å². The van der Waals surface area contributed by atoms with E-state index in [9.17, 15) is 9.59 Å². The van der Waals surface area contributed by atoms with Crippen LogP contribution in [-0.2, 0) is 9.59 Å². The Morgan fingerprint density at radius 3 is 1.74 bits per heavy atom. The number of fused-ring (bicyclic) bond motifs is 1. The van der Waals surface area contributed by atoms with E-state index >= 15 is 0 Å². The standard InChI is InChI=1S/C22H19N3O2/c26-21-19-14-6-7-15(9-8-14)20(19)22(27)25(21)18-12-10-17(11-13-18)24-23-16-4-2-1-3-5-16/h1-7,10-15,19-20H,8-9H2. The predicted octanol–water partition coefficient (Wildman–Crippen LogP) is 4.80. The van der Waals surface area contributed by atoms with E-state index < -0.39 is 0 Å². The molecule has 134 valence electrons. The molecule has 1 heterocycles. The average Bonchev–Trinajstić information content (AvgIpc) is 3.01. The molecule has 1 saturated carbocycles. The van der Waals surface area contributed by atoms with E-state index in [0.717, 1.165) is 18.5 Å². The van der Waals surface area contributed by atoms with Crippen LogP contribution in [0.4, 0.5) is 17.1 Å². The molecule has 6 rings (SSSR count). The average molecular weight is 357 g/mol. The van der Waals surface area contributed by atoms with Gasteiger partial charge in [0.25, 0.3) is 0 Å². The van der Waals surface area contributed by atoms with E-state index in [2.05, 4.69) is 22.4 Å². The van der Waals surface area contributed by atoms with Crippen LogP contribution in [0.5, 0.6) is 0 Å².